The zero-order valence-electron chi connectivity index (χ0n) is 11.3. The van der Waals surface area contributed by atoms with Crippen LogP contribution in [0.3, 0.4) is 0 Å². The van der Waals surface area contributed by atoms with Gasteiger partial charge in [-0.05, 0) is 37.1 Å². The van der Waals surface area contributed by atoms with Gasteiger partial charge in [0.2, 0.25) is 0 Å². The fourth-order valence-electron chi connectivity index (χ4n) is 1.86. The third kappa shape index (κ3) is 4.23. The lowest BCUT2D eigenvalue weighted by Crippen LogP contribution is -2.26. The number of amides is 1. The van der Waals surface area contributed by atoms with Crippen LogP contribution >= 0.6 is 11.6 Å². The molecule has 0 fully saturated rings. The molecular formula is C15H13ClF2N2O. The number of pyridine rings is 1. The standard InChI is InChI=1S/C15H13ClF2N2O/c1-9-4-14(16)13(8-20-9)15(21)19-3-2-10-5-11(17)7-12(18)6-10/h4-8H,2-3H2,1H3,(H,19,21). The summed E-state index contributed by atoms with van der Waals surface area (Å²) in [5, 5.41) is 2.95. The van der Waals surface area contributed by atoms with E-state index in [1.54, 1.807) is 13.0 Å². The Balaban J connectivity index is 1.95. The Morgan fingerprint density at radius 3 is 2.52 bits per heavy atom. The van der Waals surface area contributed by atoms with Crippen molar-refractivity contribution in [1.82, 2.24) is 10.3 Å². The van der Waals surface area contributed by atoms with Gasteiger partial charge in [-0.25, -0.2) is 8.78 Å². The molecule has 0 aliphatic heterocycles. The molecule has 0 saturated heterocycles. The molecule has 1 aromatic carbocycles. The summed E-state index contributed by atoms with van der Waals surface area (Å²) in [7, 11) is 0. The van der Waals surface area contributed by atoms with Crippen molar-refractivity contribution < 1.29 is 13.6 Å². The van der Waals surface area contributed by atoms with Gasteiger partial charge in [-0.2, -0.15) is 0 Å². The van der Waals surface area contributed by atoms with Crippen molar-refractivity contribution in [1.29, 1.82) is 0 Å². The van der Waals surface area contributed by atoms with Crippen molar-refractivity contribution in [3.8, 4) is 0 Å². The molecule has 1 heterocycles. The zero-order valence-corrected chi connectivity index (χ0v) is 12.0. The van der Waals surface area contributed by atoms with E-state index in [0.717, 1.165) is 6.07 Å². The topological polar surface area (TPSA) is 42.0 Å². The van der Waals surface area contributed by atoms with Crippen LogP contribution in [0.2, 0.25) is 5.02 Å². The maximum atomic E-state index is 13.0. The molecule has 0 bridgehead atoms. The van der Waals surface area contributed by atoms with E-state index in [-0.39, 0.29) is 18.0 Å². The van der Waals surface area contributed by atoms with E-state index in [1.165, 1.54) is 18.3 Å². The first-order valence-corrected chi connectivity index (χ1v) is 6.69. The van der Waals surface area contributed by atoms with Crippen molar-refractivity contribution in [2.24, 2.45) is 0 Å². The van der Waals surface area contributed by atoms with Gasteiger partial charge in [-0.15, -0.1) is 0 Å². The smallest absolute Gasteiger partial charge is 0.254 e. The highest BCUT2D eigenvalue weighted by atomic mass is 35.5. The average Bonchev–Trinajstić information content (AvgIpc) is 2.37. The first-order chi connectivity index (χ1) is 9.95. The monoisotopic (exact) mass is 310 g/mol. The van der Waals surface area contributed by atoms with E-state index in [0.29, 0.717) is 22.7 Å². The number of halogens is 3. The molecule has 0 radical (unpaired) electrons. The highest BCUT2D eigenvalue weighted by Crippen LogP contribution is 2.15. The quantitative estimate of drug-likeness (QED) is 0.941. The third-order valence-corrected chi connectivity index (χ3v) is 3.17. The Kier molecular flexibility index (Phi) is 4.85. The van der Waals surface area contributed by atoms with Crippen molar-refractivity contribution in [2.75, 3.05) is 6.54 Å². The van der Waals surface area contributed by atoms with Gasteiger partial charge < -0.3 is 5.32 Å². The predicted molar refractivity (Wildman–Crippen MR) is 76.4 cm³/mol. The Morgan fingerprint density at radius 1 is 1.24 bits per heavy atom. The molecule has 21 heavy (non-hydrogen) atoms. The molecule has 1 aromatic heterocycles. The number of aryl methyl sites for hydroxylation is 1. The summed E-state index contributed by atoms with van der Waals surface area (Å²) in [4.78, 5) is 15.9. The molecule has 2 aromatic rings. The van der Waals surface area contributed by atoms with Crippen LogP contribution in [-0.4, -0.2) is 17.4 Å². The lowest BCUT2D eigenvalue weighted by molar-refractivity contribution is 0.0954. The maximum absolute atomic E-state index is 13.0. The lowest BCUT2D eigenvalue weighted by Gasteiger charge is -2.07. The van der Waals surface area contributed by atoms with Crippen LogP contribution in [0.4, 0.5) is 8.78 Å². The van der Waals surface area contributed by atoms with Crippen LogP contribution in [0.25, 0.3) is 0 Å². The minimum absolute atomic E-state index is 0.242. The highest BCUT2D eigenvalue weighted by molar-refractivity contribution is 6.33. The summed E-state index contributed by atoms with van der Waals surface area (Å²) in [6.45, 7) is 2.01. The first-order valence-electron chi connectivity index (χ1n) is 6.31. The van der Waals surface area contributed by atoms with Crippen molar-refractivity contribution in [3.05, 3.63) is 63.9 Å². The van der Waals surface area contributed by atoms with E-state index in [2.05, 4.69) is 10.3 Å². The second kappa shape index (κ2) is 6.63. The minimum Gasteiger partial charge on any atom is -0.352 e. The molecule has 0 atom stereocenters. The number of hydrogen-bond acceptors (Lipinski definition) is 2. The number of hydrogen-bond donors (Lipinski definition) is 1. The van der Waals surface area contributed by atoms with Gasteiger partial charge in [0.1, 0.15) is 11.6 Å². The van der Waals surface area contributed by atoms with Gasteiger partial charge in [0, 0.05) is 24.5 Å². The summed E-state index contributed by atoms with van der Waals surface area (Å²) in [5.74, 6) is -1.64. The summed E-state index contributed by atoms with van der Waals surface area (Å²) >= 11 is 5.96. The summed E-state index contributed by atoms with van der Waals surface area (Å²) in [6.07, 6.45) is 1.71. The molecule has 3 nitrogen and oxygen atoms in total. The van der Waals surface area contributed by atoms with Gasteiger partial charge in [0.15, 0.2) is 0 Å². The molecule has 0 aliphatic carbocycles. The number of benzene rings is 1. The molecule has 110 valence electrons. The molecule has 0 unspecified atom stereocenters. The summed E-state index contributed by atoms with van der Waals surface area (Å²) < 4.78 is 26.0. The summed E-state index contributed by atoms with van der Waals surface area (Å²) in [5.41, 5.74) is 1.46. The number of rotatable bonds is 4. The minimum atomic E-state index is -0.637. The first kappa shape index (κ1) is 15.4. The highest BCUT2D eigenvalue weighted by Gasteiger charge is 2.10. The third-order valence-electron chi connectivity index (χ3n) is 2.86. The van der Waals surface area contributed by atoms with Gasteiger partial charge in [0.05, 0.1) is 10.6 Å². The van der Waals surface area contributed by atoms with Crippen LogP contribution in [0, 0.1) is 18.6 Å². The molecule has 6 heteroatoms. The van der Waals surface area contributed by atoms with Crippen LogP contribution < -0.4 is 5.32 Å². The van der Waals surface area contributed by atoms with Gasteiger partial charge in [0.25, 0.3) is 5.91 Å². The molecule has 0 aliphatic rings. The normalized spacial score (nSPS) is 10.5. The van der Waals surface area contributed by atoms with E-state index in [1.807, 2.05) is 0 Å². The van der Waals surface area contributed by atoms with Gasteiger partial charge in [-0.1, -0.05) is 11.6 Å². The lowest BCUT2D eigenvalue weighted by atomic mass is 10.1. The molecular weight excluding hydrogens is 298 g/mol. The predicted octanol–water partition coefficient (Wildman–Crippen LogP) is 3.29. The molecule has 0 saturated carbocycles. The van der Waals surface area contributed by atoms with E-state index >= 15 is 0 Å². The number of aromatic nitrogens is 1. The van der Waals surface area contributed by atoms with E-state index in [4.69, 9.17) is 11.6 Å². The Labute approximate surface area is 126 Å². The van der Waals surface area contributed by atoms with Crippen molar-refractivity contribution in [3.63, 3.8) is 0 Å². The van der Waals surface area contributed by atoms with E-state index < -0.39 is 11.6 Å². The van der Waals surface area contributed by atoms with Crippen LogP contribution in [-0.2, 0) is 6.42 Å². The van der Waals surface area contributed by atoms with Gasteiger partial charge in [-0.3, -0.25) is 9.78 Å². The largest absolute Gasteiger partial charge is 0.352 e. The number of carbonyl (C=O) groups is 1. The number of carbonyl (C=O) groups excluding carboxylic acids is 1. The Bertz CT molecular complexity index is 656. The number of nitrogens with one attached hydrogen (secondary N) is 1. The fourth-order valence-corrected chi connectivity index (χ4v) is 2.16. The zero-order chi connectivity index (χ0) is 15.4. The molecule has 1 N–H and O–H groups in total. The second-order valence-electron chi connectivity index (χ2n) is 4.59. The van der Waals surface area contributed by atoms with Crippen LogP contribution in [0.1, 0.15) is 21.6 Å². The number of nitrogens with zero attached hydrogens (tertiary/aromatic N) is 1. The molecule has 0 spiro atoms. The van der Waals surface area contributed by atoms with E-state index in [9.17, 15) is 13.6 Å². The molecule has 2 rings (SSSR count). The van der Waals surface area contributed by atoms with Crippen LogP contribution in [0.15, 0.2) is 30.5 Å². The van der Waals surface area contributed by atoms with Gasteiger partial charge >= 0.3 is 0 Å². The van der Waals surface area contributed by atoms with Crippen molar-refractivity contribution in [2.45, 2.75) is 13.3 Å². The summed E-state index contributed by atoms with van der Waals surface area (Å²) in [6, 6.07) is 4.86. The van der Waals surface area contributed by atoms with Crippen molar-refractivity contribution >= 4 is 17.5 Å². The fraction of sp³-hybridized carbons (Fsp3) is 0.200. The molecule has 1 amide bonds. The average molecular weight is 311 g/mol. The second-order valence-corrected chi connectivity index (χ2v) is 5.00. The van der Waals surface area contributed by atoms with Crippen LogP contribution in [0.5, 0.6) is 0 Å². The Hall–Kier alpha value is -2.01. The SMILES string of the molecule is Cc1cc(Cl)c(C(=O)NCCc2cc(F)cc(F)c2)cn1. The maximum Gasteiger partial charge on any atom is 0.254 e. The Morgan fingerprint density at radius 2 is 1.90 bits per heavy atom.